The van der Waals surface area contributed by atoms with Gasteiger partial charge in [0.05, 0.1) is 23.7 Å². The van der Waals surface area contributed by atoms with Crippen LogP contribution < -0.4 is 15.0 Å². The van der Waals surface area contributed by atoms with Gasteiger partial charge in [-0.05, 0) is 43.2 Å². The van der Waals surface area contributed by atoms with Gasteiger partial charge >= 0.3 is 0 Å². The number of ether oxygens (including phenoxy) is 1. The van der Waals surface area contributed by atoms with E-state index in [2.05, 4.69) is 26.9 Å². The summed E-state index contributed by atoms with van der Waals surface area (Å²) in [6, 6.07) is 22.8. The van der Waals surface area contributed by atoms with Gasteiger partial charge in [0, 0.05) is 63.4 Å². The number of hydrogen-bond donors (Lipinski definition) is 1. The monoisotopic (exact) mass is 625 g/mol. The van der Waals surface area contributed by atoms with Gasteiger partial charge in [0.2, 0.25) is 0 Å². The van der Waals surface area contributed by atoms with Gasteiger partial charge in [-0.15, -0.1) is 24.8 Å². The van der Waals surface area contributed by atoms with Crippen molar-refractivity contribution in [2.45, 2.75) is 26.3 Å². The van der Waals surface area contributed by atoms with Crippen molar-refractivity contribution in [1.82, 2.24) is 19.8 Å². The maximum Gasteiger partial charge on any atom is 0.258 e. The molecular weight excluding hydrogens is 588 g/mol. The van der Waals surface area contributed by atoms with Gasteiger partial charge < -0.3 is 24.4 Å². The summed E-state index contributed by atoms with van der Waals surface area (Å²) in [5.41, 5.74) is 5.25. The number of halogens is 3. The number of aryl methyl sites for hydroxylation is 1. The number of piperazine rings is 1. The summed E-state index contributed by atoms with van der Waals surface area (Å²) in [5, 5.41) is 3.34. The third kappa shape index (κ3) is 7.21. The van der Waals surface area contributed by atoms with Crippen molar-refractivity contribution >= 4 is 36.4 Å². The molecule has 228 valence electrons. The van der Waals surface area contributed by atoms with Gasteiger partial charge in [0.15, 0.2) is 11.6 Å². The van der Waals surface area contributed by atoms with Crippen molar-refractivity contribution in [1.29, 1.82) is 0 Å². The van der Waals surface area contributed by atoms with Crippen molar-refractivity contribution in [3.05, 3.63) is 101 Å². The highest BCUT2D eigenvalue weighted by Gasteiger charge is 2.29. The molecule has 4 aromatic rings. The lowest BCUT2D eigenvalue weighted by molar-refractivity contribution is 0.0987. The number of benzene rings is 3. The molecule has 7 nitrogen and oxygen atoms in total. The van der Waals surface area contributed by atoms with Crippen LogP contribution in [0.25, 0.3) is 11.3 Å². The molecule has 10 heteroatoms. The van der Waals surface area contributed by atoms with Crippen molar-refractivity contribution in [3.63, 3.8) is 0 Å². The van der Waals surface area contributed by atoms with E-state index in [1.54, 1.807) is 17.0 Å². The summed E-state index contributed by atoms with van der Waals surface area (Å²) in [7, 11) is 0. The molecule has 0 atom stereocenters. The Balaban J connectivity index is 0.00000212. The molecule has 0 bridgehead atoms. The average Bonchev–Trinajstić information content (AvgIpc) is 3.21. The molecule has 0 aliphatic carbocycles. The fourth-order valence-electron chi connectivity index (χ4n) is 5.83. The number of hydrogen-bond acceptors (Lipinski definition) is 5. The number of para-hydroxylation sites is 1. The van der Waals surface area contributed by atoms with Gasteiger partial charge in [0.1, 0.15) is 5.82 Å². The zero-order chi connectivity index (χ0) is 28.2. The third-order valence-electron chi connectivity index (χ3n) is 7.95. The van der Waals surface area contributed by atoms with Crippen molar-refractivity contribution in [3.8, 4) is 17.0 Å². The predicted molar refractivity (Wildman–Crippen MR) is 174 cm³/mol. The van der Waals surface area contributed by atoms with Crippen LogP contribution in [0.15, 0.2) is 72.8 Å². The minimum Gasteiger partial charge on any atom is -0.490 e. The van der Waals surface area contributed by atoms with Crippen LogP contribution >= 0.6 is 24.8 Å². The maximum atomic E-state index is 15.1. The number of fused-ring (bicyclic) bond motifs is 3. The Morgan fingerprint density at radius 2 is 1.72 bits per heavy atom. The summed E-state index contributed by atoms with van der Waals surface area (Å²) < 4.78 is 23.0. The smallest absolute Gasteiger partial charge is 0.258 e. The van der Waals surface area contributed by atoms with E-state index in [-0.39, 0.29) is 36.5 Å². The van der Waals surface area contributed by atoms with E-state index in [9.17, 15) is 4.79 Å². The Bertz CT molecular complexity index is 1530. The maximum absolute atomic E-state index is 15.1. The van der Waals surface area contributed by atoms with E-state index in [0.717, 1.165) is 67.6 Å². The fraction of sp³-hybridized carbons (Fsp3) is 0.333. The van der Waals surface area contributed by atoms with Crippen molar-refractivity contribution in [2.75, 3.05) is 50.8 Å². The molecule has 1 aromatic heterocycles. The molecule has 0 unspecified atom stereocenters. The summed E-state index contributed by atoms with van der Waals surface area (Å²) in [6.07, 6.45) is 1.43. The molecule has 1 N–H and O–H groups in total. The largest absolute Gasteiger partial charge is 0.490 e. The lowest BCUT2D eigenvalue weighted by atomic mass is 10.1. The topological polar surface area (TPSA) is 62.6 Å². The van der Waals surface area contributed by atoms with Gasteiger partial charge in [-0.1, -0.05) is 48.5 Å². The Hall–Kier alpha value is -3.43. The van der Waals surface area contributed by atoms with Gasteiger partial charge in [-0.2, -0.15) is 0 Å². The number of rotatable bonds is 8. The van der Waals surface area contributed by atoms with Crippen LogP contribution in [0.1, 0.15) is 33.9 Å². The standard InChI is InChI=1S/C33H36FN5O2.2ClH/c1-24-36-29-14-18-38(30-11-6-5-10-27(30)32(29)39(24)23-25-8-3-2-4-9-25)33(40)26-12-13-31(28(34)22-26)41-21-7-17-37-19-15-35-16-20-37;;/h2-6,8-13,22,35H,7,14-21,23H2,1H3;2*1H. The minimum absolute atomic E-state index is 0. The van der Waals surface area contributed by atoms with Crippen LogP contribution in [0.5, 0.6) is 5.75 Å². The number of nitrogens with zero attached hydrogens (tertiary/aromatic N) is 4. The van der Waals surface area contributed by atoms with Crippen molar-refractivity contribution < 1.29 is 13.9 Å². The van der Waals surface area contributed by atoms with Crippen LogP contribution in [-0.4, -0.2) is 66.2 Å². The molecule has 1 amide bonds. The number of carbonyl (C=O) groups is 1. The second-order valence-electron chi connectivity index (χ2n) is 10.7. The molecule has 3 aromatic carbocycles. The summed E-state index contributed by atoms with van der Waals surface area (Å²) >= 11 is 0. The lowest BCUT2D eigenvalue weighted by Crippen LogP contribution is -2.43. The number of imidazole rings is 1. The first-order valence-corrected chi connectivity index (χ1v) is 14.4. The summed E-state index contributed by atoms with van der Waals surface area (Å²) in [5.74, 6) is 0.369. The first kappa shape index (κ1) is 32.5. The zero-order valence-corrected chi connectivity index (χ0v) is 25.9. The number of amides is 1. The zero-order valence-electron chi connectivity index (χ0n) is 24.3. The quantitative estimate of drug-likeness (QED) is 0.252. The SMILES string of the molecule is Cc1nc2c(n1Cc1ccccc1)-c1ccccc1N(C(=O)c1ccc(OCCCN3CCNCC3)c(F)c1)CC2.Cl.Cl. The summed E-state index contributed by atoms with van der Waals surface area (Å²) in [6.45, 7) is 8.60. The molecule has 0 radical (unpaired) electrons. The lowest BCUT2D eigenvalue weighted by Gasteiger charge is -2.27. The van der Waals surface area contributed by atoms with Crippen LogP contribution in [-0.2, 0) is 13.0 Å². The third-order valence-corrected chi connectivity index (χ3v) is 7.95. The first-order valence-electron chi connectivity index (χ1n) is 14.4. The number of carbonyl (C=O) groups excluding carboxylic acids is 1. The average molecular weight is 627 g/mol. The van der Waals surface area contributed by atoms with Crippen LogP contribution in [0.2, 0.25) is 0 Å². The van der Waals surface area contributed by atoms with Crippen LogP contribution in [0.3, 0.4) is 0 Å². The first-order chi connectivity index (χ1) is 20.1. The summed E-state index contributed by atoms with van der Waals surface area (Å²) in [4.78, 5) is 22.9. The van der Waals surface area contributed by atoms with E-state index < -0.39 is 5.82 Å². The van der Waals surface area contributed by atoms with E-state index in [0.29, 0.717) is 31.7 Å². The Morgan fingerprint density at radius 1 is 0.977 bits per heavy atom. The molecular formula is C33H38Cl2FN5O2. The van der Waals surface area contributed by atoms with Crippen LogP contribution in [0, 0.1) is 12.7 Å². The Morgan fingerprint density at radius 3 is 2.49 bits per heavy atom. The molecule has 1 fully saturated rings. The molecule has 3 heterocycles. The molecule has 0 spiro atoms. The van der Waals surface area contributed by atoms with E-state index in [1.807, 2.05) is 49.4 Å². The Labute approximate surface area is 264 Å². The minimum atomic E-state index is -0.518. The molecule has 0 saturated carbocycles. The second kappa shape index (κ2) is 14.8. The van der Waals surface area contributed by atoms with Crippen LogP contribution in [0.4, 0.5) is 10.1 Å². The normalized spacial score (nSPS) is 14.5. The highest BCUT2D eigenvalue weighted by atomic mass is 35.5. The molecule has 2 aliphatic heterocycles. The second-order valence-corrected chi connectivity index (χ2v) is 10.7. The fourth-order valence-corrected chi connectivity index (χ4v) is 5.83. The molecule has 2 aliphatic rings. The number of anilines is 1. The predicted octanol–water partition coefficient (Wildman–Crippen LogP) is 5.77. The highest BCUT2D eigenvalue weighted by Crippen LogP contribution is 2.38. The van der Waals surface area contributed by atoms with E-state index >= 15 is 4.39 Å². The van der Waals surface area contributed by atoms with Gasteiger partial charge in [0.25, 0.3) is 5.91 Å². The number of nitrogens with one attached hydrogen (secondary N) is 1. The number of aromatic nitrogens is 2. The van der Waals surface area contributed by atoms with E-state index in [4.69, 9.17) is 9.72 Å². The van der Waals surface area contributed by atoms with Crippen molar-refractivity contribution in [2.24, 2.45) is 0 Å². The van der Waals surface area contributed by atoms with Gasteiger partial charge in [-0.25, -0.2) is 9.37 Å². The molecule has 1 saturated heterocycles. The van der Waals surface area contributed by atoms with Gasteiger partial charge in [-0.3, -0.25) is 4.79 Å². The molecule has 43 heavy (non-hydrogen) atoms. The molecule has 6 rings (SSSR count). The Kier molecular flexibility index (Phi) is 11.2. The highest BCUT2D eigenvalue weighted by molar-refractivity contribution is 6.08. The van der Waals surface area contributed by atoms with E-state index in [1.165, 1.54) is 11.6 Å².